The summed E-state index contributed by atoms with van der Waals surface area (Å²) >= 11 is 0. The Morgan fingerprint density at radius 1 is 0.593 bits per heavy atom. The van der Waals surface area contributed by atoms with Crippen molar-refractivity contribution in [3.8, 4) is 11.5 Å². The van der Waals surface area contributed by atoms with Crippen LogP contribution in [0.15, 0.2) is 48.5 Å². The first-order valence-electron chi connectivity index (χ1n) is 9.77. The van der Waals surface area contributed by atoms with E-state index in [1.165, 1.54) is 11.1 Å². The molecule has 2 aromatic carbocycles. The van der Waals surface area contributed by atoms with Crippen LogP contribution in [0.3, 0.4) is 0 Å². The lowest BCUT2D eigenvalue weighted by molar-refractivity contribution is 0.130. The van der Waals surface area contributed by atoms with Crippen molar-refractivity contribution in [2.24, 2.45) is 0 Å². The van der Waals surface area contributed by atoms with E-state index in [0.717, 1.165) is 11.5 Å². The predicted molar refractivity (Wildman–Crippen MR) is 114 cm³/mol. The molecule has 1 N–H and O–H groups in total. The quantitative estimate of drug-likeness (QED) is 0.634. The SMILES string of the molecule is CC(NC(C)c1ccc(OC(C)(C)C)cc1)c1ccc(OC(C)(C)C)cc1. The molecule has 0 radical (unpaired) electrons. The molecular formula is C24H35NO2. The van der Waals surface area contributed by atoms with Crippen LogP contribution in [0.2, 0.25) is 0 Å². The Bertz CT molecular complexity index is 643. The van der Waals surface area contributed by atoms with Gasteiger partial charge in [-0.05, 0) is 90.8 Å². The average molecular weight is 370 g/mol. The van der Waals surface area contributed by atoms with Gasteiger partial charge in [0, 0.05) is 12.1 Å². The Hall–Kier alpha value is -2.00. The lowest BCUT2D eigenvalue weighted by Gasteiger charge is -2.24. The first kappa shape index (κ1) is 21.3. The molecule has 0 fully saturated rings. The second-order valence-corrected chi connectivity index (χ2v) is 9.18. The number of hydrogen-bond donors (Lipinski definition) is 1. The summed E-state index contributed by atoms with van der Waals surface area (Å²) < 4.78 is 11.8. The van der Waals surface area contributed by atoms with Crippen LogP contribution in [0.1, 0.15) is 78.6 Å². The van der Waals surface area contributed by atoms with Crippen LogP contribution in [0.25, 0.3) is 0 Å². The molecule has 0 aliphatic heterocycles. The summed E-state index contributed by atoms with van der Waals surface area (Å²) in [5.41, 5.74) is 2.14. The molecule has 0 spiro atoms. The molecule has 0 aliphatic carbocycles. The molecule has 0 saturated heterocycles. The van der Waals surface area contributed by atoms with Gasteiger partial charge in [-0.1, -0.05) is 24.3 Å². The predicted octanol–water partition coefficient (Wildman–Crippen LogP) is 6.45. The summed E-state index contributed by atoms with van der Waals surface area (Å²) in [6.07, 6.45) is 0. The zero-order valence-corrected chi connectivity index (χ0v) is 18.1. The lowest BCUT2D eigenvalue weighted by atomic mass is 10.0. The zero-order valence-electron chi connectivity index (χ0n) is 18.1. The van der Waals surface area contributed by atoms with Gasteiger partial charge in [0.15, 0.2) is 0 Å². The minimum Gasteiger partial charge on any atom is -0.488 e. The van der Waals surface area contributed by atoms with E-state index in [1.54, 1.807) is 0 Å². The van der Waals surface area contributed by atoms with E-state index >= 15 is 0 Å². The third-order valence-electron chi connectivity index (χ3n) is 4.11. The van der Waals surface area contributed by atoms with Gasteiger partial charge in [-0.2, -0.15) is 0 Å². The van der Waals surface area contributed by atoms with Gasteiger partial charge in [-0.25, -0.2) is 0 Å². The number of ether oxygens (including phenoxy) is 2. The summed E-state index contributed by atoms with van der Waals surface area (Å²) in [4.78, 5) is 0. The molecule has 0 amide bonds. The molecule has 3 nitrogen and oxygen atoms in total. The van der Waals surface area contributed by atoms with Crippen LogP contribution in [0.5, 0.6) is 11.5 Å². The molecule has 2 rings (SSSR count). The van der Waals surface area contributed by atoms with Gasteiger partial charge in [0.2, 0.25) is 0 Å². The number of nitrogens with one attached hydrogen (secondary N) is 1. The maximum Gasteiger partial charge on any atom is 0.120 e. The van der Waals surface area contributed by atoms with Crippen LogP contribution in [0, 0.1) is 0 Å². The van der Waals surface area contributed by atoms with Gasteiger partial charge in [0.05, 0.1) is 0 Å². The van der Waals surface area contributed by atoms with Crippen molar-refractivity contribution in [3.05, 3.63) is 59.7 Å². The average Bonchev–Trinajstić information content (AvgIpc) is 2.53. The molecule has 27 heavy (non-hydrogen) atoms. The smallest absolute Gasteiger partial charge is 0.120 e. The minimum atomic E-state index is -0.178. The highest BCUT2D eigenvalue weighted by Gasteiger charge is 2.15. The third kappa shape index (κ3) is 7.26. The molecule has 0 bridgehead atoms. The molecule has 2 aromatic rings. The van der Waals surface area contributed by atoms with Crippen LogP contribution in [-0.4, -0.2) is 11.2 Å². The first-order chi connectivity index (χ1) is 12.4. The summed E-state index contributed by atoms with van der Waals surface area (Å²) in [5, 5.41) is 3.67. The Morgan fingerprint density at radius 2 is 0.889 bits per heavy atom. The Kier molecular flexibility index (Phi) is 6.59. The fraction of sp³-hybridized carbons (Fsp3) is 0.500. The van der Waals surface area contributed by atoms with Crippen molar-refractivity contribution in [3.63, 3.8) is 0 Å². The molecule has 3 heteroatoms. The standard InChI is InChI=1S/C24H35NO2/c1-17(19-9-13-21(14-10-19)26-23(3,4)5)25-18(2)20-11-15-22(16-12-20)27-24(6,7)8/h9-18,25H,1-8H3. The summed E-state index contributed by atoms with van der Waals surface area (Å²) in [6.45, 7) is 16.7. The van der Waals surface area contributed by atoms with Gasteiger partial charge in [-0.3, -0.25) is 0 Å². The first-order valence-corrected chi connectivity index (χ1v) is 9.77. The topological polar surface area (TPSA) is 30.5 Å². The molecule has 0 heterocycles. The van der Waals surface area contributed by atoms with Crippen LogP contribution < -0.4 is 14.8 Å². The Balaban J connectivity index is 1.97. The Morgan fingerprint density at radius 3 is 1.15 bits per heavy atom. The van der Waals surface area contributed by atoms with E-state index in [2.05, 4.69) is 85.0 Å². The molecule has 148 valence electrons. The van der Waals surface area contributed by atoms with Crippen molar-refractivity contribution in [2.75, 3.05) is 0 Å². The van der Waals surface area contributed by atoms with Crippen molar-refractivity contribution in [1.29, 1.82) is 0 Å². The van der Waals surface area contributed by atoms with Crippen molar-refractivity contribution >= 4 is 0 Å². The number of hydrogen-bond acceptors (Lipinski definition) is 3. The fourth-order valence-corrected chi connectivity index (χ4v) is 2.92. The lowest BCUT2D eigenvalue weighted by Crippen LogP contribution is -2.24. The largest absolute Gasteiger partial charge is 0.488 e. The molecule has 0 saturated carbocycles. The summed E-state index contributed by atoms with van der Waals surface area (Å²) in [6, 6.07) is 17.2. The number of benzene rings is 2. The molecule has 2 atom stereocenters. The maximum atomic E-state index is 5.90. The van der Waals surface area contributed by atoms with Crippen molar-refractivity contribution < 1.29 is 9.47 Å². The molecular weight excluding hydrogens is 334 g/mol. The van der Waals surface area contributed by atoms with Gasteiger partial charge in [-0.15, -0.1) is 0 Å². The molecule has 0 aromatic heterocycles. The van der Waals surface area contributed by atoms with Crippen LogP contribution >= 0.6 is 0 Å². The second-order valence-electron chi connectivity index (χ2n) is 9.18. The summed E-state index contributed by atoms with van der Waals surface area (Å²) in [5.74, 6) is 1.81. The van der Waals surface area contributed by atoms with Gasteiger partial charge in [0.1, 0.15) is 22.7 Å². The van der Waals surface area contributed by atoms with Crippen molar-refractivity contribution in [2.45, 2.75) is 78.7 Å². The zero-order chi connectivity index (χ0) is 20.2. The van der Waals surface area contributed by atoms with E-state index in [-0.39, 0.29) is 23.3 Å². The van der Waals surface area contributed by atoms with Crippen LogP contribution in [0.4, 0.5) is 0 Å². The highest BCUT2D eigenvalue weighted by atomic mass is 16.5. The summed E-state index contributed by atoms with van der Waals surface area (Å²) in [7, 11) is 0. The van der Waals surface area contributed by atoms with Gasteiger partial charge < -0.3 is 14.8 Å². The monoisotopic (exact) mass is 369 g/mol. The molecule has 2 unspecified atom stereocenters. The Labute approximate surface area is 165 Å². The maximum absolute atomic E-state index is 5.90. The van der Waals surface area contributed by atoms with E-state index in [1.807, 2.05) is 24.3 Å². The fourth-order valence-electron chi connectivity index (χ4n) is 2.92. The van der Waals surface area contributed by atoms with E-state index < -0.39 is 0 Å². The second kappa shape index (κ2) is 8.35. The minimum absolute atomic E-state index is 0.178. The highest BCUT2D eigenvalue weighted by Crippen LogP contribution is 2.25. The van der Waals surface area contributed by atoms with E-state index in [4.69, 9.17) is 9.47 Å². The number of rotatable bonds is 6. The molecule has 0 aliphatic rings. The van der Waals surface area contributed by atoms with Crippen LogP contribution in [-0.2, 0) is 0 Å². The van der Waals surface area contributed by atoms with Crippen molar-refractivity contribution in [1.82, 2.24) is 5.32 Å². The van der Waals surface area contributed by atoms with E-state index in [9.17, 15) is 0 Å². The van der Waals surface area contributed by atoms with E-state index in [0.29, 0.717) is 0 Å². The highest BCUT2D eigenvalue weighted by molar-refractivity contribution is 5.31. The normalized spacial score (nSPS) is 14.5. The van der Waals surface area contributed by atoms with Gasteiger partial charge >= 0.3 is 0 Å². The third-order valence-corrected chi connectivity index (χ3v) is 4.11. The van der Waals surface area contributed by atoms with Gasteiger partial charge in [0.25, 0.3) is 0 Å².